The first kappa shape index (κ1) is 14.3. The Labute approximate surface area is 114 Å². The Morgan fingerprint density at radius 2 is 2.16 bits per heavy atom. The summed E-state index contributed by atoms with van der Waals surface area (Å²) in [6.45, 7) is 10.1. The molecule has 0 radical (unpaired) electrons. The first-order chi connectivity index (χ1) is 8.75. The lowest BCUT2D eigenvalue weighted by atomic mass is 9.96. The van der Waals surface area contributed by atoms with Crippen LogP contribution in [-0.2, 0) is 6.54 Å². The average Bonchev–Trinajstić information content (AvgIpc) is 2.72. The third-order valence-corrected chi connectivity index (χ3v) is 3.17. The number of hydrogen-bond acceptors (Lipinski definition) is 6. The summed E-state index contributed by atoms with van der Waals surface area (Å²) < 4.78 is 5.64. The Morgan fingerprint density at radius 1 is 1.42 bits per heavy atom. The van der Waals surface area contributed by atoms with Gasteiger partial charge in [0.15, 0.2) is 0 Å². The fraction of sp³-hybridized carbons (Fsp3) is 0.846. The topological polar surface area (TPSA) is 74.4 Å². The van der Waals surface area contributed by atoms with E-state index in [4.69, 9.17) is 4.42 Å². The molecule has 1 saturated heterocycles. The van der Waals surface area contributed by atoms with Gasteiger partial charge in [-0.15, -0.1) is 5.10 Å². The molecule has 0 spiro atoms. The Morgan fingerprint density at radius 3 is 2.79 bits per heavy atom. The predicted octanol–water partition coefficient (Wildman–Crippen LogP) is 1.31. The average molecular weight is 268 g/mol. The quantitative estimate of drug-likeness (QED) is 0.861. The largest absolute Gasteiger partial charge is 0.407 e. The van der Waals surface area contributed by atoms with Gasteiger partial charge >= 0.3 is 6.01 Å². The minimum absolute atomic E-state index is 0.0173. The van der Waals surface area contributed by atoms with Crippen molar-refractivity contribution >= 4 is 6.01 Å². The van der Waals surface area contributed by atoms with E-state index in [-0.39, 0.29) is 5.54 Å². The van der Waals surface area contributed by atoms with Crippen LogP contribution in [-0.4, -0.2) is 39.5 Å². The van der Waals surface area contributed by atoms with Crippen LogP contribution in [0.25, 0.3) is 0 Å². The van der Waals surface area contributed by atoms with Crippen LogP contribution in [0, 0.1) is 0 Å². The summed E-state index contributed by atoms with van der Waals surface area (Å²) in [5.41, 5.74) is -0.653. The molecule has 19 heavy (non-hydrogen) atoms. The molecule has 0 aliphatic carbocycles. The van der Waals surface area contributed by atoms with Crippen LogP contribution in [0.1, 0.15) is 46.4 Å². The second-order valence-corrected chi connectivity index (χ2v) is 6.60. The lowest BCUT2D eigenvalue weighted by Gasteiger charge is -2.35. The normalized spacial score (nSPS) is 24.8. The van der Waals surface area contributed by atoms with Gasteiger partial charge in [0.2, 0.25) is 5.89 Å². The summed E-state index contributed by atoms with van der Waals surface area (Å²) in [6.07, 6.45) is 1.75. The third-order valence-electron chi connectivity index (χ3n) is 3.17. The summed E-state index contributed by atoms with van der Waals surface area (Å²) in [6, 6.07) is 0.505. The summed E-state index contributed by atoms with van der Waals surface area (Å²) in [5.74, 6) is 0.579. The van der Waals surface area contributed by atoms with E-state index >= 15 is 0 Å². The molecule has 0 saturated carbocycles. The van der Waals surface area contributed by atoms with Gasteiger partial charge in [-0.3, -0.25) is 0 Å². The zero-order chi connectivity index (χ0) is 14.1. The predicted molar refractivity (Wildman–Crippen MR) is 73.0 cm³/mol. The standard InChI is InChI=1S/C13H24N4O2/c1-12(2,3)14-8-10-15-16-11(19-10)17-7-5-6-13(4,18)9-17/h14,18H,5-9H2,1-4H3. The monoisotopic (exact) mass is 268 g/mol. The minimum atomic E-state index is -0.670. The first-order valence-electron chi connectivity index (χ1n) is 6.80. The molecule has 2 N–H and O–H groups in total. The Hall–Kier alpha value is -1.14. The molecule has 1 atom stereocenters. The van der Waals surface area contributed by atoms with Crippen molar-refractivity contribution in [3.05, 3.63) is 5.89 Å². The summed E-state index contributed by atoms with van der Waals surface area (Å²) >= 11 is 0. The van der Waals surface area contributed by atoms with Crippen molar-refractivity contribution in [2.24, 2.45) is 0 Å². The highest BCUT2D eigenvalue weighted by atomic mass is 16.4. The molecule has 2 heterocycles. The van der Waals surface area contributed by atoms with E-state index in [1.807, 2.05) is 11.8 Å². The summed E-state index contributed by atoms with van der Waals surface area (Å²) in [4.78, 5) is 1.96. The van der Waals surface area contributed by atoms with Crippen LogP contribution >= 0.6 is 0 Å². The molecule has 0 aromatic carbocycles. The molecule has 1 aromatic rings. The SMILES string of the molecule is CC1(O)CCCN(c2nnc(CNC(C)(C)C)o2)C1. The molecule has 6 nitrogen and oxygen atoms in total. The molecule has 0 bridgehead atoms. The maximum atomic E-state index is 10.1. The van der Waals surface area contributed by atoms with Crippen LogP contribution in [0.5, 0.6) is 0 Å². The van der Waals surface area contributed by atoms with Gasteiger partial charge in [0.1, 0.15) is 0 Å². The molecule has 6 heteroatoms. The summed E-state index contributed by atoms with van der Waals surface area (Å²) in [5, 5.41) is 21.5. The number of aliphatic hydroxyl groups is 1. The van der Waals surface area contributed by atoms with Gasteiger partial charge in [-0.2, -0.15) is 0 Å². The molecule has 1 aliphatic rings. The second kappa shape index (κ2) is 5.09. The number of aromatic nitrogens is 2. The number of nitrogens with zero attached hydrogens (tertiary/aromatic N) is 3. The van der Waals surface area contributed by atoms with E-state index in [9.17, 15) is 5.11 Å². The second-order valence-electron chi connectivity index (χ2n) is 6.60. The van der Waals surface area contributed by atoms with Crippen molar-refractivity contribution < 1.29 is 9.52 Å². The highest BCUT2D eigenvalue weighted by molar-refractivity contribution is 5.26. The van der Waals surface area contributed by atoms with Crippen molar-refractivity contribution in [2.75, 3.05) is 18.0 Å². The maximum Gasteiger partial charge on any atom is 0.318 e. The van der Waals surface area contributed by atoms with Crippen LogP contribution in [0.2, 0.25) is 0 Å². The third kappa shape index (κ3) is 4.18. The smallest absolute Gasteiger partial charge is 0.318 e. The minimum Gasteiger partial charge on any atom is -0.407 e. The number of nitrogens with one attached hydrogen (secondary N) is 1. The van der Waals surface area contributed by atoms with Gasteiger partial charge in [-0.05, 0) is 40.5 Å². The van der Waals surface area contributed by atoms with Crippen molar-refractivity contribution in [1.29, 1.82) is 0 Å². The van der Waals surface area contributed by atoms with E-state index in [0.29, 0.717) is 25.0 Å². The van der Waals surface area contributed by atoms with E-state index < -0.39 is 5.60 Å². The van der Waals surface area contributed by atoms with Crippen molar-refractivity contribution in [1.82, 2.24) is 15.5 Å². The zero-order valence-electron chi connectivity index (χ0n) is 12.2. The molecule has 1 aliphatic heterocycles. The number of hydrogen-bond donors (Lipinski definition) is 2. The van der Waals surface area contributed by atoms with E-state index in [1.54, 1.807) is 0 Å². The van der Waals surface area contributed by atoms with Gasteiger partial charge in [0.05, 0.1) is 18.7 Å². The number of anilines is 1. The molecule has 108 valence electrons. The number of piperidine rings is 1. The lowest BCUT2D eigenvalue weighted by Crippen LogP contribution is -2.46. The maximum absolute atomic E-state index is 10.1. The van der Waals surface area contributed by atoms with Crippen molar-refractivity contribution in [2.45, 2.75) is 58.2 Å². The van der Waals surface area contributed by atoms with E-state index in [2.05, 4.69) is 36.3 Å². The molecule has 2 rings (SSSR count). The molecular weight excluding hydrogens is 244 g/mol. The highest BCUT2D eigenvalue weighted by Gasteiger charge is 2.30. The Bertz CT molecular complexity index is 423. The molecular formula is C13H24N4O2. The van der Waals surface area contributed by atoms with Crippen LogP contribution in [0.15, 0.2) is 4.42 Å². The Balaban J connectivity index is 1.97. The van der Waals surface area contributed by atoms with Gasteiger partial charge in [-0.1, -0.05) is 5.10 Å². The van der Waals surface area contributed by atoms with Crippen LogP contribution in [0.4, 0.5) is 6.01 Å². The van der Waals surface area contributed by atoms with Crippen LogP contribution in [0.3, 0.4) is 0 Å². The Kier molecular flexibility index (Phi) is 3.82. The lowest BCUT2D eigenvalue weighted by molar-refractivity contribution is 0.0434. The van der Waals surface area contributed by atoms with Gasteiger partial charge in [0.25, 0.3) is 0 Å². The van der Waals surface area contributed by atoms with Crippen molar-refractivity contribution in [3.8, 4) is 0 Å². The molecule has 1 unspecified atom stereocenters. The van der Waals surface area contributed by atoms with E-state index in [1.165, 1.54) is 0 Å². The molecule has 1 fully saturated rings. The molecule has 0 amide bonds. The van der Waals surface area contributed by atoms with Gasteiger partial charge in [-0.25, -0.2) is 0 Å². The molecule has 1 aromatic heterocycles. The first-order valence-corrected chi connectivity index (χ1v) is 6.80. The van der Waals surface area contributed by atoms with Gasteiger partial charge < -0.3 is 19.7 Å². The number of rotatable bonds is 3. The van der Waals surface area contributed by atoms with Crippen molar-refractivity contribution in [3.63, 3.8) is 0 Å². The van der Waals surface area contributed by atoms with Gasteiger partial charge in [0, 0.05) is 12.1 Å². The van der Waals surface area contributed by atoms with Crippen LogP contribution < -0.4 is 10.2 Å². The highest BCUT2D eigenvalue weighted by Crippen LogP contribution is 2.24. The summed E-state index contributed by atoms with van der Waals surface area (Å²) in [7, 11) is 0. The fourth-order valence-electron chi connectivity index (χ4n) is 2.17. The fourth-order valence-corrected chi connectivity index (χ4v) is 2.17. The number of β-amino-alcohol motifs (C(OH)–C–C–N with tert-alkyl or cyclic N) is 1. The van der Waals surface area contributed by atoms with E-state index in [0.717, 1.165) is 19.4 Å². The zero-order valence-corrected chi connectivity index (χ0v) is 12.2.